The highest BCUT2D eigenvalue weighted by Gasteiger charge is 2.39. The summed E-state index contributed by atoms with van der Waals surface area (Å²) in [7, 11) is 0. The van der Waals surface area contributed by atoms with Crippen LogP contribution in [-0.2, 0) is 35.2 Å². The van der Waals surface area contributed by atoms with Crippen molar-refractivity contribution in [2.75, 3.05) is 13.1 Å². The molecule has 2 aliphatic rings. The normalized spacial score (nSPS) is 26.8. The van der Waals surface area contributed by atoms with Crippen LogP contribution in [0.1, 0.15) is 71.8 Å². The zero-order valence-corrected chi connectivity index (χ0v) is 26.6. The molecule has 2 saturated heterocycles. The second kappa shape index (κ2) is 16.9. The summed E-state index contributed by atoms with van der Waals surface area (Å²) in [4.78, 5) is 81.2. The Labute approximate surface area is 264 Å². The lowest BCUT2D eigenvalue weighted by Gasteiger charge is -2.30. The fourth-order valence-corrected chi connectivity index (χ4v) is 5.51. The molecule has 6 N–H and O–H groups in total. The van der Waals surface area contributed by atoms with Gasteiger partial charge in [-0.15, -0.1) is 0 Å². The van der Waals surface area contributed by atoms with E-state index in [4.69, 9.17) is 0 Å². The molecule has 2 fully saturated rings. The molecule has 0 bridgehead atoms. The molecule has 6 atom stereocenters. The lowest BCUT2D eigenvalue weighted by atomic mass is 10.0. The highest BCUT2D eigenvalue weighted by Crippen LogP contribution is 2.20. The van der Waals surface area contributed by atoms with Crippen LogP contribution in [-0.4, -0.2) is 94.9 Å². The third kappa shape index (κ3) is 10.0. The van der Waals surface area contributed by atoms with E-state index in [2.05, 4.69) is 26.6 Å². The number of carbonyl (C=O) groups excluding carboxylic acids is 6. The Morgan fingerprint density at radius 1 is 0.889 bits per heavy atom. The van der Waals surface area contributed by atoms with Crippen LogP contribution in [0.3, 0.4) is 0 Å². The molecule has 0 radical (unpaired) electrons. The zero-order valence-electron chi connectivity index (χ0n) is 26.6. The van der Waals surface area contributed by atoms with Crippen molar-refractivity contribution in [1.29, 1.82) is 0 Å². The number of carbonyl (C=O) groups is 6. The highest BCUT2D eigenvalue weighted by molar-refractivity contribution is 5.97. The lowest BCUT2D eigenvalue weighted by molar-refractivity contribution is -0.142. The van der Waals surface area contributed by atoms with Gasteiger partial charge in [-0.1, -0.05) is 51.1 Å². The summed E-state index contributed by atoms with van der Waals surface area (Å²) in [5.74, 6) is -3.45. The van der Waals surface area contributed by atoms with E-state index < -0.39 is 59.9 Å². The van der Waals surface area contributed by atoms with Gasteiger partial charge in [0.1, 0.15) is 30.2 Å². The van der Waals surface area contributed by atoms with Crippen molar-refractivity contribution in [3.05, 3.63) is 35.9 Å². The largest absolute Gasteiger partial charge is 0.391 e. The average molecular weight is 629 g/mol. The summed E-state index contributed by atoms with van der Waals surface area (Å²) >= 11 is 0. The number of aliphatic hydroxyl groups excluding tert-OH is 1. The van der Waals surface area contributed by atoms with E-state index >= 15 is 0 Å². The van der Waals surface area contributed by atoms with Gasteiger partial charge in [-0.25, -0.2) is 0 Å². The maximum absolute atomic E-state index is 13.9. The maximum atomic E-state index is 13.9. The highest BCUT2D eigenvalue weighted by atomic mass is 16.3. The average Bonchev–Trinajstić information content (AvgIpc) is 3.50. The minimum Gasteiger partial charge on any atom is -0.391 e. The summed E-state index contributed by atoms with van der Waals surface area (Å²) in [5.41, 5.74) is 0.778. The van der Waals surface area contributed by atoms with Crippen molar-refractivity contribution < 1.29 is 33.9 Å². The number of hydrogen-bond acceptors (Lipinski definition) is 7. The summed E-state index contributed by atoms with van der Waals surface area (Å²) in [6.07, 6.45) is 1.34. The fraction of sp³-hybridized carbons (Fsp3) is 0.625. The Kier molecular flexibility index (Phi) is 13.3. The van der Waals surface area contributed by atoms with Crippen molar-refractivity contribution in [2.24, 2.45) is 5.92 Å². The first-order chi connectivity index (χ1) is 21.4. The summed E-state index contributed by atoms with van der Waals surface area (Å²) in [6, 6.07) is 3.91. The third-order valence-electron chi connectivity index (χ3n) is 8.22. The van der Waals surface area contributed by atoms with Crippen molar-refractivity contribution in [2.45, 2.75) is 109 Å². The first-order valence-corrected chi connectivity index (χ1v) is 15.9. The standard InChI is InChI=1S/C32H48N6O7/c1-5-22-28(41)37-26(20(4)39)31(44)36-24(18-21-12-7-6-8-13-21)32(45)38-17-11-15-25(38)30(43)33-16-10-9-14-23(29(42)34-22)35-27(40)19(2)3/h6-8,12-13,19-20,22-26,39H,5,9-11,14-18H2,1-4H3,(H,33,43)(H,34,42)(H,35,40)(H,36,44)(H,37,41)/t20-,22+,23+,24-,25+,26+/m1/s1. The van der Waals surface area contributed by atoms with Crippen LogP contribution in [0.15, 0.2) is 30.3 Å². The van der Waals surface area contributed by atoms with Crippen molar-refractivity contribution >= 4 is 35.4 Å². The van der Waals surface area contributed by atoms with Crippen LogP contribution in [0, 0.1) is 5.92 Å². The molecule has 248 valence electrons. The molecule has 0 spiro atoms. The Bertz CT molecular complexity index is 1210. The predicted octanol–water partition coefficient (Wildman–Crippen LogP) is -0.0938. The first kappa shape index (κ1) is 35.5. The van der Waals surface area contributed by atoms with Crippen molar-refractivity contribution in [3.63, 3.8) is 0 Å². The van der Waals surface area contributed by atoms with Crippen LogP contribution < -0.4 is 26.6 Å². The lowest BCUT2D eigenvalue weighted by Crippen LogP contribution is -2.61. The van der Waals surface area contributed by atoms with Crippen LogP contribution in [0.25, 0.3) is 0 Å². The van der Waals surface area contributed by atoms with E-state index in [-0.39, 0.29) is 37.0 Å². The van der Waals surface area contributed by atoms with Gasteiger partial charge in [0.05, 0.1) is 6.10 Å². The topological polar surface area (TPSA) is 186 Å². The summed E-state index contributed by atoms with van der Waals surface area (Å²) < 4.78 is 0. The van der Waals surface area contributed by atoms with E-state index in [1.165, 1.54) is 11.8 Å². The van der Waals surface area contributed by atoms with Gasteiger partial charge in [0.15, 0.2) is 0 Å². The van der Waals surface area contributed by atoms with E-state index in [0.29, 0.717) is 38.8 Å². The maximum Gasteiger partial charge on any atom is 0.246 e. The zero-order chi connectivity index (χ0) is 33.1. The molecule has 1 aromatic carbocycles. The summed E-state index contributed by atoms with van der Waals surface area (Å²) in [5, 5.41) is 24.1. The van der Waals surface area contributed by atoms with Gasteiger partial charge in [0.2, 0.25) is 35.4 Å². The molecule has 45 heavy (non-hydrogen) atoms. The van der Waals surface area contributed by atoms with E-state index in [0.717, 1.165) is 5.56 Å². The number of hydrogen-bond donors (Lipinski definition) is 6. The Morgan fingerprint density at radius 2 is 1.58 bits per heavy atom. The van der Waals surface area contributed by atoms with E-state index in [1.807, 2.05) is 30.3 Å². The number of rotatable bonds is 6. The van der Waals surface area contributed by atoms with Gasteiger partial charge in [-0.3, -0.25) is 28.8 Å². The monoisotopic (exact) mass is 628 g/mol. The molecule has 1 aromatic rings. The molecule has 2 heterocycles. The van der Waals surface area contributed by atoms with Gasteiger partial charge >= 0.3 is 0 Å². The number of nitrogens with zero attached hydrogens (tertiary/aromatic N) is 1. The number of nitrogens with one attached hydrogen (secondary N) is 5. The second-order valence-electron chi connectivity index (χ2n) is 12.1. The van der Waals surface area contributed by atoms with Gasteiger partial charge in [0.25, 0.3) is 0 Å². The second-order valence-corrected chi connectivity index (χ2v) is 12.1. The Balaban J connectivity index is 1.93. The molecule has 2 aliphatic heterocycles. The molecule has 6 amide bonds. The van der Waals surface area contributed by atoms with Crippen LogP contribution >= 0.6 is 0 Å². The molecule has 13 heteroatoms. The Hall–Kier alpha value is -4.00. The first-order valence-electron chi connectivity index (χ1n) is 15.9. The van der Waals surface area contributed by atoms with Crippen molar-refractivity contribution in [3.8, 4) is 0 Å². The van der Waals surface area contributed by atoms with Crippen LogP contribution in [0.4, 0.5) is 0 Å². The molecule has 0 aliphatic carbocycles. The van der Waals surface area contributed by atoms with Crippen LogP contribution in [0.2, 0.25) is 0 Å². The van der Waals surface area contributed by atoms with Gasteiger partial charge < -0.3 is 36.6 Å². The van der Waals surface area contributed by atoms with Gasteiger partial charge in [0, 0.05) is 25.4 Å². The quantitative estimate of drug-likeness (QED) is 0.254. The number of amides is 6. The van der Waals surface area contributed by atoms with Gasteiger partial charge in [-0.05, 0) is 51.0 Å². The number of aliphatic hydroxyl groups is 1. The third-order valence-corrected chi connectivity index (χ3v) is 8.22. The van der Waals surface area contributed by atoms with Crippen LogP contribution in [0.5, 0.6) is 0 Å². The fourth-order valence-electron chi connectivity index (χ4n) is 5.51. The van der Waals surface area contributed by atoms with E-state index in [1.54, 1.807) is 20.8 Å². The minimum atomic E-state index is -1.44. The Morgan fingerprint density at radius 3 is 2.22 bits per heavy atom. The molecular weight excluding hydrogens is 580 g/mol. The number of fused-ring (bicyclic) bond motifs is 1. The molecule has 0 aromatic heterocycles. The molecular formula is C32H48N6O7. The molecule has 3 rings (SSSR count). The van der Waals surface area contributed by atoms with Crippen molar-refractivity contribution in [1.82, 2.24) is 31.5 Å². The number of benzene rings is 1. The molecule has 13 nitrogen and oxygen atoms in total. The van der Waals surface area contributed by atoms with E-state index in [9.17, 15) is 33.9 Å². The SMILES string of the molecule is CC[C@@H]1NC(=O)[C@@H](NC(=O)C(C)C)CCCCNC(=O)[C@@H]2CCCN2C(=O)[C@@H](Cc2ccccc2)NC(=O)[C@H]([C@@H](C)O)NC1=O. The minimum absolute atomic E-state index is 0.133. The molecule has 0 saturated carbocycles. The molecule has 0 unspecified atom stereocenters. The smallest absolute Gasteiger partial charge is 0.246 e. The predicted molar refractivity (Wildman–Crippen MR) is 166 cm³/mol. The summed E-state index contributed by atoms with van der Waals surface area (Å²) in [6.45, 7) is 7.09. The van der Waals surface area contributed by atoms with Gasteiger partial charge in [-0.2, -0.15) is 0 Å².